The monoisotopic (exact) mass is 216 g/mol. The number of nitrogens with zero attached hydrogens (tertiary/aromatic N) is 2. The van der Waals surface area contributed by atoms with Gasteiger partial charge in [-0.05, 0) is 6.92 Å². The molecule has 0 saturated heterocycles. The van der Waals surface area contributed by atoms with Gasteiger partial charge in [-0.15, -0.1) is 0 Å². The lowest BCUT2D eigenvalue weighted by Gasteiger charge is -1.99. The van der Waals surface area contributed by atoms with Crippen LogP contribution < -0.4 is 17.0 Å². The maximum absolute atomic E-state index is 5.32. The molecule has 0 radical (unpaired) electrons. The minimum Gasteiger partial charge on any atom is -1.00 e. The van der Waals surface area contributed by atoms with Crippen molar-refractivity contribution in [2.24, 2.45) is 0 Å². The van der Waals surface area contributed by atoms with Gasteiger partial charge < -0.3 is 17.1 Å². The van der Waals surface area contributed by atoms with E-state index in [1.165, 1.54) is 5.82 Å². The Morgan fingerprint density at radius 2 is 2.36 bits per heavy atom. The highest BCUT2D eigenvalue weighted by atomic mass is 35.5. The minimum atomic E-state index is 0. The van der Waals surface area contributed by atoms with Crippen molar-refractivity contribution in [1.29, 1.82) is 0 Å². The highest BCUT2D eigenvalue weighted by Gasteiger charge is 2.09. The van der Waals surface area contributed by atoms with E-state index in [-0.39, 0.29) is 12.4 Å². The van der Waals surface area contributed by atoms with Crippen molar-refractivity contribution < 1.29 is 21.7 Å². The molecule has 0 spiro atoms. The summed E-state index contributed by atoms with van der Waals surface area (Å²) in [6.45, 7) is 10.0. The molecule has 0 aliphatic heterocycles. The van der Waals surface area contributed by atoms with Crippen molar-refractivity contribution in [2.75, 3.05) is 6.61 Å². The number of aromatic nitrogens is 2. The molecule has 0 unspecified atom stereocenters. The molecule has 4 heteroatoms. The van der Waals surface area contributed by atoms with E-state index in [9.17, 15) is 0 Å². The van der Waals surface area contributed by atoms with Crippen LogP contribution in [0.25, 0.3) is 0 Å². The number of rotatable bonds is 5. The number of allylic oxidation sites excluding steroid dienone is 1. The maximum Gasteiger partial charge on any atom is 0.255 e. The highest BCUT2D eigenvalue weighted by Crippen LogP contribution is 1.93. The fraction of sp³-hybridized carbons (Fsp3) is 0.500. The minimum absolute atomic E-state index is 0. The quantitative estimate of drug-likeness (QED) is 0.423. The first-order chi connectivity index (χ1) is 6.29. The van der Waals surface area contributed by atoms with Crippen molar-refractivity contribution in [2.45, 2.75) is 27.1 Å². The lowest BCUT2D eigenvalue weighted by Crippen LogP contribution is -3.00. The topological polar surface area (TPSA) is 18.0 Å². The predicted octanol–water partition coefficient (Wildman–Crippen LogP) is -1.73. The molecule has 14 heavy (non-hydrogen) atoms. The third kappa shape index (κ3) is 3.16. The van der Waals surface area contributed by atoms with Gasteiger partial charge in [0.2, 0.25) is 0 Å². The van der Waals surface area contributed by atoms with Crippen molar-refractivity contribution in [3.8, 4) is 0 Å². The van der Waals surface area contributed by atoms with E-state index in [0.29, 0.717) is 6.73 Å². The second-order valence-corrected chi connectivity index (χ2v) is 2.88. The van der Waals surface area contributed by atoms with Crippen LogP contribution in [0.2, 0.25) is 0 Å². The van der Waals surface area contributed by atoms with Gasteiger partial charge in [0.1, 0.15) is 18.9 Å². The molecule has 0 fully saturated rings. The van der Waals surface area contributed by atoms with Crippen LogP contribution in [-0.4, -0.2) is 11.2 Å². The normalized spacial score (nSPS) is 9.57. The largest absolute Gasteiger partial charge is 1.00 e. The average Bonchev–Trinajstić information content (AvgIpc) is 2.46. The summed E-state index contributed by atoms with van der Waals surface area (Å²) >= 11 is 0. The van der Waals surface area contributed by atoms with Crippen LogP contribution in [0.3, 0.4) is 0 Å². The zero-order valence-corrected chi connectivity index (χ0v) is 9.50. The van der Waals surface area contributed by atoms with Crippen molar-refractivity contribution >= 4 is 0 Å². The third-order valence-corrected chi connectivity index (χ3v) is 2.02. The van der Waals surface area contributed by atoms with Gasteiger partial charge in [0.25, 0.3) is 5.82 Å². The first-order valence-corrected chi connectivity index (χ1v) is 4.53. The summed E-state index contributed by atoms with van der Waals surface area (Å²) in [6, 6.07) is 0. The lowest BCUT2D eigenvalue weighted by molar-refractivity contribution is -0.737. The summed E-state index contributed by atoms with van der Waals surface area (Å²) in [6.07, 6.45) is 5.95. The average molecular weight is 217 g/mol. The smallest absolute Gasteiger partial charge is 0.255 e. The van der Waals surface area contributed by atoms with Gasteiger partial charge in [-0.2, -0.15) is 0 Å². The molecule has 1 aromatic heterocycles. The SMILES string of the molecule is C=CCn1cc[n+](COCC)c1C.[Cl-]. The van der Waals surface area contributed by atoms with E-state index < -0.39 is 0 Å². The summed E-state index contributed by atoms with van der Waals surface area (Å²) < 4.78 is 9.52. The Morgan fingerprint density at radius 3 is 2.93 bits per heavy atom. The van der Waals surface area contributed by atoms with Crippen LogP contribution in [0.4, 0.5) is 0 Å². The number of hydrogen-bond donors (Lipinski definition) is 0. The molecule has 0 amide bonds. The van der Waals surface area contributed by atoms with Gasteiger partial charge in [0, 0.05) is 13.5 Å². The van der Waals surface area contributed by atoms with Gasteiger partial charge >= 0.3 is 0 Å². The summed E-state index contributed by atoms with van der Waals surface area (Å²) in [5.74, 6) is 1.19. The van der Waals surface area contributed by atoms with Crippen LogP contribution in [0, 0.1) is 6.92 Å². The molecule has 0 atom stereocenters. The molecule has 0 aromatic carbocycles. The number of halogens is 1. The standard InChI is InChI=1S/C10H17N2O.ClH/c1-4-6-11-7-8-12(10(11)3)9-13-5-2;/h4,7-8H,1,5-6,9H2,2-3H3;1H/q+1;/p-1. The van der Waals surface area contributed by atoms with E-state index in [2.05, 4.69) is 22.6 Å². The van der Waals surface area contributed by atoms with E-state index >= 15 is 0 Å². The summed E-state index contributed by atoms with van der Waals surface area (Å²) in [4.78, 5) is 0. The van der Waals surface area contributed by atoms with Gasteiger partial charge in [-0.1, -0.05) is 12.7 Å². The third-order valence-electron chi connectivity index (χ3n) is 2.02. The Bertz CT molecular complexity index is 284. The summed E-state index contributed by atoms with van der Waals surface area (Å²) in [7, 11) is 0. The molecule has 0 aliphatic rings. The van der Waals surface area contributed by atoms with Gasteiger partial charge in [-0.25, -0.2) is 9.13 Å². The molecule has 1 aromatic rings. The van der Waals surface area contributed by atoms with E-state index in [4.69, 9.17) is 4.74 Å². The predicted molar refractivity (Wildman–Crippen MR) is 51.2 cm³/mol. The number of hydrogen-bond acceptors (Lipinski definition) is 1. The van der Waals surface area contributed by atoms with Crippen molar-refractivity contribution in [1.82, 2.24) is 4.57 Å². The molecule has 0 bridgehead atoms. The van der Waals surface area contributed by atoms with Crippen LogP contribution in [0.15, 0.2) is 25.0 Å². The fourth-order valence-electron chi connectivity index (χ4n) is 1.20. The maximum atomic E-state index is 5.32. The Kier molecular flexibility index (Phi) is 6.25. The Hall–Kier alpha value is -0.800. The molecule has 0 aliphatic carbocycles. The van der Waals surface area contributed by atoms with Crippen molar-refractivity contribution in [3.63, 3.8) is 0 Å². The summed E-state index contributed by atoms with van der Waals surface area (Å²) in [5, 5.41) is 0. The fourth-order valence-corrected chi connectivity index (χ4v) is 1.20. The van der Waals surface area contributed by atoms with Gasteiger partial charge in [-0.3, -0.25) is 0 Å². The molecule has 0 N–H and O–H groups in total. The number of ether oxygens (including phenoxy) is 1. The molecule has 1 heterocycles. The first-order valence-electron chi connectivity index (χ1n) is 4.53. The molecule has 80 valence electrons. The molecule has 1 rings (SSSR count). The van der Waals surface area contributed by atoms with Crippen LogP contribution >= 0.6 is 0 Å². The summed E-state index contributed by atoms with van der Waals surface area (Å²) in [5.41, 5.74) is 0. The molecule has 0 saturated carbocycles. The Morgan fingerprint density at radius 1 is 1.64 bits per heavy atom. The van der Waals surface area contributed by atoms with Crippen molar-refractivity contribution in [3.05, 3.63) is 30.9 Å². The molecular formula is C10H17ClN2O. The van der Waals surface area contributed by atoms with Crippen LogP contribution in [0.1, 0.15) is 12.7 Å². The van der Waals surface area contributed by atoms with Crippen LogP contribution in [0.5, 0.6) is 0 Å². The van der Waals surface area contributed by atoms with Gasteiger partial charge in [0.05, 0.1) is 0 Å². The number of imidazole rings is 1. The van der Waals surface area contributed by atoms with Gasteiger partial charge in [0.15, 0.2) is 6.73 Å². The zero-order chi connectivity index (χ0) is 9.68. The second kappa shape index (κ2) is 6.62. The molecule has 3 nitrogen and oxygen atoms in total. The second-order valence-electron chi connectivity index (χ2n) is 2.88. The van der Waals surface area contributed by atoms with E-state index in [1.54, 1.807) is 0 Å². The highest BCUT2D eigenvalue weighted by molar-refractivity contribution is 4.83. The zero-order valence-electron chi connectivity index (χ0n) is 8.74. The lowest BCUT2D eigenvalue weighted by atomic mass is 10.5. The van der Waals surface area contributed by atoms with E-state index in [0.717, 1.165) is 13.2 Å². The van der Waals surface area contributed by atoms with Crippen LogP contribution in [-0.2, 0) is 18.0 Å². The first kappa shape index (κ1) is 13.2. The Labute approximate surface area is 91.4 Å². The van der Waals surface area contributed by atoms with E-state index in [1.807, 2.05) is 25.4 Å². The molecular weight excluding hydrogens is 200 g/mol. The Balaban J connectivity index is 0.00000169.